The summed E-state index contributed by atoms with van der Waals surface area (Å²) < 4.78 is 0. The number of terminal acetylenes is 1. The third-order valence-corrected chi connectivity index (χ3v) is 2.29. The number of hydrogen-bond acceptors (Lipinski definition) is 2. The SMILES string of the molecule is C#CC.C/C=C1/NC(C)=NC(C)(C)/C1=C/C.CC.CC. The van der Waals surface area contributed by atoms with Crippen molar-refractivity contribution in [3.63, 3.8) is 0 Å². The van der Waals surface area contributed by atoms with Crippen molar-refractivity contribution in [2.75, 3.05) is 0 Å². The minimum Gasteiger partial charge on any atom is -0.344 e. The van der Waals surface area contributed by atoms with E-state index in [-0.39, 0.29) is 5.54 Å². The largest absolute Gasteiger partial charge is 0.344 e. The summed E-state index contributed by atoms with van der Waals surface area (Å²) in [6.07, 6.45) is 8.81. The lowest BCUT2D eigenvalue weighted by molar-refractivity contribution is 0.594. The molecule has 1 aliphatic heterocycles. The minimum absolute atomic E-state index is 0.0913. The number of hydrogen-bond donors (Lipinski definition) is 1. The first-order valence-corrected chi connectivity index (χ1v) is 7.47. The van der Waals surface area contributed by atoms with Gasteiger partial charge in [-0.05, 0) is 47.1 Å². The van der Waals surface area contributed by atoms with Gasteiger partial charge in [-0.2, -0.15) is 0 Å². The summed E-state index contributed by atoms with van der Waals surface area (Å²) in [6, 6.07) is 0. The summed E-state index contributed by atoms with van der Waals surface area (Å²) >= 11 is 0. The summed E-state index contributed by atoms with van der Waals surface area (Å²) in [5.74, 6) is 3.24. The highest BCUT2D eigenvalue weighted by Crippen LogP contribution is 2.29. The molecular formula is C18H34N2. The van der Waals surface area contributed by atoms with Crippen molar-refractivity contribution in [3.8, 4) is 12.3 Å². The maximum atomic E-state index is 4.60. The van der Waals surface area contributed by atoms with Gasteiger partial charge in [-0.25, -0.2) is 0 Å². The van der Waals surface area contributed by atoms with Crippen LogP contribution in [-0.4, -0.2) is 11.4 Å². The van der Waals surface area contributed by atoms with Crippen LogP contribution in [0.4, 0.5) is 0 Å². The Morgan fingerprint density at radius 3 is 1.80 bits per heavy atom. The lowest BCUT2D eigenvalue weighted by Gasteiger charge is -2.32. The molecule has 0 aromatic carbocycles. The van der Waals surface area contributed by atoms with Crippen LogP contribution in [0.3, 0.4) is 0 Å². The predicted molar refractivity (Wildman–Crippen MR) is 95.0 cm³/mol. The molecule has 1 N–H and O–H groups in total. The number of aliphatic imine (C=N–C) groups is 1. The van der Waals surface area contributed by atoms with Gasteiger partial charge in [0.25, 0.3) is 0 Å². The summed E-state index contributed by atoms with van der Waals surface area (Å²) in [5.41, 5.74) is 2.35. The van der Waals surface area contributed by atoms with Crippen molar-refractivity contribution in [3.05, 3.63) is 23.4 Å². The van der Waals surface area contributed by atoms with E-state index in [0.29, 0.717) is 0 Å². The van der Waals surface area contributed by atoms with Gasteiger partial charge in [0, 0.05) is 5.70 Å². The molecule has 116 valence electrons. The topological polar surface area (TPSA) is 24.4 Å². The van der Waals surface area contributed by atoms with Crippen LogP contribution in [-0.2, 0) is 0 Å². The van der Waals surface area contributed by atoms with Gasteiger partial charge in [-0.3, -0.25) is 4.99 Å². The van der Waals surface area contributed by atoms with Crippen molar-refractivity contribution in [2.24, 2.45) is 4.99 Å². The molecule has 0 aliphatic carbocycles. The second-order valence-electron chi connectivity index (χ2n) is 4.07. The molecule has 0 unspecified atom stereocenters. The van der Waals surface area contributed by atoms with Crippen molar-refractivity contribution in [1.29, 1.82) is 0 Å². The molecule has 0 aromatic rings. The van der Waals surface area contributed by atoms with Crippen LogP contribution in [0.25, 0.3) is 0 Å². The molecule has 1 aliphatic rings. The van der Waals surface area contributed by atoms with Gasteiger partial charge in [-0.1, -0.05) is 39.8 Å². The van der Waals surface area contributed by atoms with Gasteiger partial charge in [0.15, 0.2) is 0 Å². The first-order valence-electron chi connectivity index (χ1n) is 7.47. The van der Waals surface area contributed by atoms with E-state index in [1.54, 1.807) is 6.92 Å². The number of nitrogens with one attached hydrogen (secondary N) is 1. The first-order chi connectivity index (χ1) is 9.42. The molecule has 1 heterocycles. The highest BCUT2D eigenvalue weighted by atomic mass is 15.1. The summed E-state index contributed by atoms with van der Waals surface area (Å²) in [4.78, 5) is 4.56. The molecule has 0 amide bonds. The summed E-state index contributed by atoms with van der Waals surface area (Å²) in [5, 5.41) is 3.27. The fourth-order valence-corrected chi connectivity index (χ4v) is 1.84. The Morgan fingerprint density at radius 2 is 1.50 bits per heavy atom. The van der Waals surface area contributed by atoms with Gasteiger partial charge in [0.05, 0.1) is 11.4 Å². The van der Waals surface area contributed by atoms with E-state index in [4.69, 9.17) is 0 Å². The monoisotopic (exact) mass is 278 g/mol. The second-order valence-corrected chi connectivity index (χ2v) is 4.07. The maximum absolute atomic E-state index is 4.60. The second kappa shape index (κ2) is 13.9. The molecule has 0 spiro atoms. The molecule has 0 saturated carbocycles. The highest BCUT2D eigenvalue weighted by molar-refractivity contribution is 5.84. The quantitative estimate of drug-likeness (QED) is 0.595. The van der Waals surface area contributed by atoms with Crippen LogP contribution in [0.1, 0.15) is 69.2 Å². The smallest absolute Gasteiger partial charge is 0.0986 e. The van der Waals surface area contributed by atoms with Gasteiger partial charge >= 0.3 is 0 Å². The first kappa shape index (κ1) is 23.6. The summed E-state index contributed by atoms with van der Waals surface area (Å²) in [7, 11) is 0. The van der Waals surface area contributed by atoms with Crippen molar-refractivity contribution >= 4 is 5.84 Å². The predicted octanol–water partition coefficient (Wildman–Crippen LogP) is 5.33. The lowest BCUT2D eigenvalue weighted by Crippen LogP contribution is -2.37. The van der Waals surface area contributed by atoms with Crippen molar-refractivity contribution < 1.29 is 0 Å². The number of rotatable bonds is 0. The number of amidine groups is 1. The molecule has 1 rings (SSSR count). The molecular weight excluding hydrogens is 244 g/mol. The molecule has 20 heavy (non-hydrogen) atoms. The fraction of sp³-hybridized carbons (Fsp3) is 0.611. The molecule has 0 aromatic heterocycles. The zero-order valence-corrected chi connectivity index (χ0v) is 15.2. The van der Waals surface area contributed by atoms with Crippen molar-refractivity contribution in [1.82, 2.24) is 5.32 Å². The minimum atomic E-state index is -0.0913. The van der Waals surface area contributed by atoms with Gasteiger partial charge < -0.3 is 5.32 Å². The zero-order chi connectivity index (χ0) is 16.8. The van der Waals surface area contributed by atoms with E-state index in [0.717, 1.165) is 5.84 Å². The standard InChI is InChI=1S/C11H18N2.C3H4.2C2H6/c1-6-9-10(7-2)12-8(3)13-11(9,4)5;1-3-2;2*1-2/h6-7H,1-5H3,(H,12,13);1H,2H3;2*1-2H3/b9-6+,10-7+;;;. The highest BCUT2D eigenvalue weighted by Gasteiger charge is 2.28. The molecule has 0 atom stereocenters. The Bertz CT molecular complexity index is 363. The maximum Gasteiger partial charge on any atom is 0.0986 e. The molecule has 0 bridgehead atoms. The van der Waals surface area contributed by atoms with E-state index < -0.39 is 0 Å². The molecule has 0 saturated heterocycles. The molecule has 0 fully saturated rings. The molecule has 0 radical (unpaired) electrons. The zero-order valence-electron chi connectivity index (χ0n) is 15.2. The van der Waals surface area contributed by atoms with Crippen LogP contribution in [0, 0.1) is 12.3 Å². The van der Waals surface area contributed by atoms with Crippen LogP contribution in [0.15, 0.2) is 28.4 Å². The Morgan fingerprint density at radius 1 is 1.10 bits per heavy atom. The van der Waals surface area contributed by atoms with E-state index in [1.807, 2.05) is 41.5 Å². The third-order valence-electron chi connectivity index (χ3n) is 2.29. The average Bonchev–Trinajstić information content (AvgIpc) is 2.42. The Balaban J connectivity index is -0.000000355. The van der Waals surface area contributed by atoms with Crippen LogP contribution in [0.5, 0.6) is 0 Å². The lowest BCUT2D eigenvalue weighted by atomic mass is 9.90. The van der Waals surface area contributed by atoms with Crippen LogP contribution >= 0.6 is 0 Å². The third kappa shape index (κ3) is 8.58. The summed E-state index contributed by atoms with van der Waals surface area (Å²) in [6.45, 7) is 20.0. The van der Waals surface area contributed by atoms with E-state index >= 15 is 0 Å². The van der Waals surface area contributed by atoms with Crippen molar-refractivity contribution in [2.45, 2.75) is 74.8 Å². The normalized spacial score (nSPS) is 18.8. The molecule has 2 nitrogen and oxygen atoms in total. The van der Waals surface area contributed by atoms with Gasteiger partial charge in [-0.15, -0.1) is 12.3 Å². The van der Waals surface area contributed by atoms with E-state index in [9.17, 15) is 0 Å². The Labute approximate surface area is 127 Å². The fourth-order valence-electron chi connectivity index (χ4n) is 1.84. The van der Waals surface area contributed by atoms with Crippen LogP contribution in [0.2, 0.25) is 0 Å². The van der Waals surface area contributed by atoms with E-state index in [2.05, 4.69) is 55.6 Å². The van der Waals surface area contributed by atoms with Gasteiger partial charge in [0.2, 0.25) is 0 Å². The van der Waals surface area contributed by atoms with E-state index in [1.165, 1.54) is 11.3 Å². The van der Waals surface area contributed by atoms with Gasteiger partial charge in [0.1, 0.15) is 0 Å². The number of nitrogens with zero attached hydrogens (tertiary/aromatic N) is 1. The average molecular weight is 278 g/mol. The Kier molecular flexibility index (Phi) is 16.4. The number of allylic oxidation sites excluding steroid dienone is 2. The molecule has 2 heteroatoms. The Hall–Kier alpha value is -1.49. The van der Waals surface area contributed by atoms with Crippen LogP contribution < -0.4 is 5.32 Å².